The average molecular weight is 282 g/mol. The number of esters is 1. The number of hydrogen-bond donors (Lipinski definition) is 1. The molecule has 0 bridgehead atoms. The van der Waals surface area contributed by atoms with E-state index in [1.807, 2.05) is 26.2 Å². The maximum absolute atomic E-state index is 11.9. The number of nitrogens with zero attached hydrogens (tertiary/aromatic N) is 1. The zero-order chi connectivity index (χ0) is 13.9. The van der Waals surface area contributed by atoms with Gasteiger partial charge in [-0.3, -0.25) is 4.79 Å². The molecular weight excluding hydrogens is 260 g/mol. The van der Waals surface area contributed by atoms with Crippen molar-refractivity contribution in [3.05, 3.63) is 11.1 Å². The van der Waals surface area contributed by atoms with Crippen molar-refractivity contribution in [3.8, 4) is 0 Å². The first-order chi connectivity index (χ1) is 9.04. The van der Waals surface area contributed by atoms with E-state index in [-0.39, 0.29) is 5.97 Å². The van der Waals surface area contributed by atoms with Gasteiger partial charge in [0.15, 0.2) is 5.13 Å². The molecule has 0 aromatic carbocycles. The van der Waals surface area contributed by atoms with Crippen molar-refractivity contribution in [1.29, 1.82) is 0 Å². The molecule has 0 amide bonds. The maximum atomic E-state index is 11.9. The number of rotatable bonds is 5. The van der Waals surface area contributed by atoms with Gasteiger partial charge in [-0.15, -0.1) is 11.3 Å². The summed E-state index contributed by atoms with van der Waals surface area (Å²) < 4.78 is 5.11. The van der Waals surface area contributed by atoms with Gasteiger partial charge in [0.2, 0.25) is 0 Å². The van der Waals surface area contributed by atoms with E-state index >= 15 is 0 Å². The second kappa shape index (κ2) is 5.90. The number of aromatic nitrogens is 1. The van der Waals surface area contributed by atoms with Gasteiger partial charge in [-0.1, -0.05) is 12.8 Å². The van der Waals surface area contributed by atoms with Crippen molar-refractivity contribution < 1.29 is 9.53 Å². The molecule has 1 aromatic rings. The van der Waals surface area contributed by atoms with E-state index in [1.165, 1.54) is 25.7 Å². The lowest BCUT2D eigenvalue weighted by molar-refractivity contribution is -0.148. The van der Waals surface area contributed by atoms with Gasteiger partial charge < -0.3 is 10.1 Å². The van der Waals surface area contributed by atoms with E-state index in [0.29, 0.717) is 12.6 Å². The second-order valence-electron chi connectivity index (χ2n) is 5.51. The Morgan fingerprint density at radius 3 is 2.84 bits per heavy atom. The summed E-state index contributed by atoms with van der Waals surface area (Å²) in [7, 11) is 0. The molecule has 106 valence electrons. The van der Waals surface area contributed by atoms with E-state index in [0.717, 1.165) is 10.8 Å². The van der Waals surface area contributed by atoms with Gasteiger partial charge in [0.05, 0.1) is 12.3 Å². The van der Waals surface area contributed by atoms with Crippen LogP contribution < -0.4 is 5.32 Å². The number of thiazole rings is 1. The molecule has 0 spiro atoms. The van der Waals surface area contributed by atoms with Crippen molar-refractivity contribution in [1.82, 2.24) is 4.98 Å². The van der Waals surface area contributed by atoms with Gasteiger partial charge in [0.1, 0.15) is 5.41 Å². The van der Waals surface area contributed by atoms with Crippen LogP contribution >= 0.6 is 11.3 Å². The number of anilines is 1. The van der Waals surface area contributed by atoms with Crippen molar-refractivity contribution >= 4 is 22.4 Å². The van der Waals surface area contributed by atoms with Crippen LogP contribution in [0.25, 0.3) is 0 Å². The largest absolute Gasteiger partial charge is 0.465 e. The van der Waals surface area contributed by atoms with E-state index < -0.39 is 5.41 Å². The molecule has 0 unspecified atom stereocenters. The fourth-order valence-electron chi connectivity index (χ4n) is 2.29. The molecule has 0 radical (unpaired) electrons. The second-order valence-corrected chi connectivity index (χ2v) is 6.37. The Bertz CT molecular complexity index is 436. The number of nitrogens with one attached hydrogen (secondary N) is 1. The van der Waals surface area contributed by atoms with Crippen LogP contribution in [-0.2, 0) is 14.9 Å². The minimum atomic E-state index is -0.678. The molecule has 1 saturated carbocycles. The predicted molar refractivity (Wildman–Crippen MR) is 77.7 cm³/mol. The van der Waals surface area contributed by atoms with E-state index in [1.54, 1.807) is 11.3 Å². The molecule has 5 heteroatoms. The minimum absolute atomic E-state index is 0.215. The van der Waals surface area contributed by atoms with Crippen molar-refractivity contribution in [2.45, 2.75) is 57.9 Å². The smallest absolute Gasteiger partial charge is 0.317 e. The number of carbonyl (C=O) groups is 1. The number of carbonyl (C=O) groups excluding carboxylic acids is 1. The van der Waals surface area contributed by atoms with Gasteiger partial charge in [-0.2, -0.15) is 0 Å². The number of ether oxygens (including phenoxy) is 1. The standard InChI is InChI=1S/C14H22N2O2S/c1-4-18-12(17)14(2,3)11-9-19-13(16-11)15-10-7-5-6-8-10/h9-10H,4-8H2,1-3H3,(H,15,16). The molecule has 2 rings (SSSR count). The van der Waals surface area contributed by atoms with Crippen LogP contribution in [0.5, 0.6) is 0 Å². The van der Waals surface area contributed by atoms with Gasteiger partial charge in [-0.25, -0.2) is 4.98 Å². The summed E-state index contributed by atoms with van der Waals surface area (Å²) in [5.41, 5.74) is 0.110. The highest BCUT2D eigenvalue weighted by molar-refractivity contribution is 7.13. The molecule has 19 heavy (non-hydrogen) atoms. The lowest BCUT2D eigenvalue weighted by Crippen LogP contribution is -2.31. The van der Waals surface area contributed by atoms with E-state index in [9.17, 15) is 4.79 Å². The minimum Gasteiger partial charge on any atom is -0.465 e. The molecular formula is C14H22N2O2S. The Hall–Kier alpha value is -1.10. The van der Waals surface area contributed by atoms with Gasteiger partial charge in [0.25, 0.3) is 0 Å². The third-order valence-corrected chi connectivity index (χ3v) is 4.39. The fourth-order valence-corrected chi connectivity index (χ4v) is 3.24. The quantitative estimate of drug-likeness (QED) is 0.842. The molecule has 4 nitrogen and oxygen atoms in total. The van der Waals surface area contributed by atoms with Crippen molar-refractivity contribution in [2.75, 3.05) is 11.9 Å². The van der Waals surface area contributed by atoms with Gasteiger partial charge in [-0.05, 0) is 33.6 Å². The maximum Gasteiger partial charge on any atom is 0.317 e. The number of hydrogen-bond acceptors (Lipinski definition) is 5. The Balaban J connectivity index is 2.04. The summed E-state index contributed by atoms with van der Waals surface area (Å²) in [5.74, 6) is -0.215. The summed E-state index contributed by atoms with van der Waals surface area (Å²) in [6, 6.07) is 0.546. The van der Waals surface area contributed by atoms with Crippen LogP contribution in [0.3, 0.4) is 0 Å². The first kappa shape index (κ1) is 14.3. The molecule has 0 aliphatic heterocycles. The summed E-state index contributed by atoms with van der Waals surface area (Å²) in [4.78, 5) is 16.5. The molecule has 1 aliphatic carbocycles. The fraction of sp³-hybridized carbons (Fsp3) is 0.714. The average Bonchev–Trinajstić information content (AvgIpc) is 3.01. The SMILES string of the molecule is CCOC(=O)C(C)(C)c1csc(NC2CCCC2)n1. The van der Waals surface area contributed by atoms with Gasteiger partial charge >= 0.3 is 5.97 Å². The molecule has 0 saturated heterocycles. The highest BCUT2D eigenvalue weighted by atomic mass is 32.1. The third-order valence-electron chi connectivity index (χ3n) is 3.61. The summed E-state index contributed by atoms with van der Waals surface area (Å²) >= 11 is 1.57. The van der Waals surface area contributed by atoms with Crippen LogP contribution in [-0.4, -0.2) is 23.6 Å². The highest BCUT2D eigenvalue weighted by Crippen LogP contribution is 2.30. The lowest BCUT2D eigenvalue weighted by Gasteiger charge is -2.19. The van der Waals surface area contributed by atoms with Crippen LogP contribution in [0.2, 0.25) is 0 Å². The predicted octanol–water partition coefficient (Wildman–Crippen LogP) is 3.34. The first-order valence-electron chi connectivity index (χ1n) is 6.93. The zero-order valence-electron chi connectivity index (χ0n) is 11.9. The molecule has 1 aromatic heterocycles. The Morgan fingerprint density at radius 2 is 2.21 bits per heavy atom. The van der Waals surface area contributed by atoms with Crippen molar-refractivity contribution in [3.63, 3.8) is 0 Å². The van der Waals surface area contributed by atoms with E-state index in [2.05, 4.69) is 10.3 Å². The lowest BCUT2D eigenvalue weighted by atomic mass is 9.90. The third kappa shape index (κ3) is 3.26. The summed E-state index contributed by atoms with van der Waals surface area (Å²) in [6.45, 7) is 5.94. The van der Waals surface area contributed by atoms with Gasteiger partial charge in [0, 0.05) is 11.4 Å². The Morgan fingerprint density at radius 1 is 1.53 bits per heavy atom. The zero-order valence-corrected chi connectivity index (χ0v) is 12.7. The monoisotopic (exact) mass is 282 g/mol. The van der Waals surface area contributed by atoms with Crippen LogP contribution in [0.1, 0.15) is 52.1 Å². The summed E-state index contributed by atoms with van der Waals surface area (Å²) in [5, 5.41) is 6.33. The molecule has 1 N–H and O–H groups in total. The van der Waals surface area contributed by atoms with Crippen molar-refractivity contribution in [2.24, 2.45) is 0 Å². The first-order valence-corrected chi connectivity index (χ1v) is 7.81. The Labute approximate surface area is 118 Å². The highest BCUT2D eigenvalue weighted by Gasteiger charge is 2.34. The van der Waals surface area contributed by atoms with E-state index in [4.69, 9.17) is 4.74 Å². The summed E-state index contributed by atoms with van der Waals surface area (Å²) in [6.07, 6.45) is 5.03. The topological polar surface area (TPSA) is 51.2 Å². The molecule has 1 heterocycles. The molecule has 1 fully saturated rings. The van der Waals surface area contributed by atoms with Crippen LogP contribution in [0.4, 0.5) is 5.13 Å². The van der Waals surface area contributed by atoms with Crippen LogP contribution in [0.15, 0.2) is 5.38 Å². The molecule has 1 aliphatic rings. The normalized spacial score (nSPS) is 16.6. The Kier molecular flexibility index (Phi) is 4.45. The van der Waals surface area contributed by atoms with Crippen LogP contribution in [0, 0.1) is 0 Å². The molecule has 0 atom stereocenters.